The van der Waals surface area contributed by atoms with Crippen LogP contribution in [0.1, 0.15) is 22.4 Å². The van der Waals surface area contributed by atoms with E-state index in [9.17, 15) is 22.8 Å². The minimum absolute atomic E-state index is 0.288. The van der Waals surface area contributed by atoms with E-state index >= 15 is 0 Å². The normalized spacial score (nSPS) is 11.6. The van der Waals surface area contributed by atoms with Gasteiger partial charge in [0.15, 0.2) is 0 Å². The summed E-state index contributed by atoms with van der Waals surface area (Å²) in [6, 6.07) is 0. The van der Waals surface area contributed by atoms with Gasteiger partial charge in [-0.3, -0.25) is 14.3 Å². The monoisotopic (exact) mass is 343 g/mol. The topological polar surface area (TPSA) is 66.1 Å². The van der Waals surface area contributed by atoms with Gasteiger partial charge in [0.25, 0.3) is 5.56 Å². The predicted octanol–water partition coefficient (Wildman–Crippen LogP) is 1.63. The molecule has 9 heteroatoms. The molecule has 0 fully saturated rings. The van der Waals surface area contributed by atoms with Crippen LogP contribution in [-0.2, 0) is 19.8 Å². The van der Waals surface area contributed by atoms with Gasteiger partial charge in [0.1, 0.15) is 11.3 Å². The molecule has 0 amide bonds. The van der Waals surface area contributed by atoms with Crippen molar-refractivity contribution in [2.24, 2.45) is 7.05 Å². The second-order valence-electron chi connectivity index (χ2n) is 5.37. The summed E-state index contributed by atoms with van der Waals surface area (Å²) in [6.07, 6.45) is -2.88. The summed E-state index contributed by atoms with van der Waals surface area (Å²) >= 11 is 0. The van der Waals surface area contributed by atoms with Crippen molar-refractivity contribution < 1.29 is 17.9 Å². The molecule has 2 aromatic rings. The molecule has 0 aliphatic rings. The van der Waals surface area contributed by atoms with Gasteiger partial charge in [-0.25, -0.2) is 4.79 Å². The Morgan fingerprint density at radius 1 is 1.25 bits per heavy atom. The van der Waals surface area contributed by atoms with Crippen LogP contribution < -0.4 is 16.0 Å². The molecule has 0 saturated heterocycles. The van der Waals surface area contributed by atoms with Gasteiger partial charge in [-0.05, 0) is 13.8 Å². The summed E-state index contributed by atoms with van der Waals surface area (Å²) < 4.78 is 45.4. The van der Waals surface area contributed by atoms with Crippen molar-refractivity contribution in [1.82, 2.24) is 14.1 Å². The van der Waals surface area contributed by atoms with Crippen molar-refractivity contribution in [2.75, 3.05) is 7.11 Å². The van der Waals surface area contributed by atoms with E-state index in [-0.39, 0.29) is 12.2 Å². The Morgan fingerprint density at radius 3 is 2.42 bits per heavy atom. The second kappa shape index (κ2) is 6.14. The van der Waals surface area contributed by atoms with Crippen LogP contribution in [-0.4, -0.2) is 21.2 Å². The first kappa shape index (κ1) is 17.8. The Morgan fingerprint density at radius 2 is 1.88 bits per heavy atom. The molecule has 0 bridgehead atoms. The van der Waals surface area contributed by atoms with E-state index in [1.165, 1.54) is 13.3 Å². The summed E-state index contributed by atoms with van der Waals surface area (Å²) in [7, 11) is 2.61. The van der Waals surface area contributed by atoms with E-state index in [4.69, 9.17) is 4.74 Å². The van der Waals surface area contributed by atoms with Crippen molar-refractivity contribution >= 4 is 0 Å². The molecule has 0 unspecified atom stereocenters. The number of aryl methyl sites for hydroxylation is 2. The maximum atomic E-state index is 13.0. The van der Waals surface area contributed by atoms with Gasteiger partial charge in [0.05, 0.1) is 19.3 Å². The third kappa shape index (κ3) is 3.06. The summed E-state index contributed by atoms with van der Waals surface area (Å²) in [4.78, 5) is 28.3. The maximum absolute atomic E-state index is 13.0. The number of aromatic nitrogens is 3. The minimum Gasteiger partial charge on any atom is -0.496 e. The van der Waals surface area contributed by atoms with Gasteiger partial charge in [-0.1, -0.05) is 0 Å². The standard InChI is InChI=1S/C15H16F3N3O3/c1-8-5-19-11(9(2)12(8)24-4)7-21-13(22)10(15(16,17)18)6-20(3)14(21)23/h5-6H,7H2,1-4H3. The summed E-state index contributed by atoms with van der Waals surface area (Å²) in [5.74, 6) is 0.511. The summed E-state index contributed by atoms with van der Waals surface area (Å²) in [6.45, 7) is 3.05. The lowest BCUT2D eigenvalue weighted by molar-refractivity contribution is -0.139. The molecule has 0 N–H and O–H groups in total. The molecule has 0 spiro atoms. The third-order valence-corrected chi connectivity index (χ3v) is 3.69. The van der Waals surface area contributed by atoms with Crippen LogP contribution in [0.4, 0.5) is 13.2 Å². The number of alkyl halides is 3. The van der Waals surface area contributed by atoms with Gasteiger partial charge < -0.3 is 9.30 Å². The highest BCUT2D eigenvalue weighted by atomic mass is 19.4. The zero-order valence-electron chi connectivity index (χ0n) is 13.6. The maximum Gasteiger partial charge on any atom is 0.423 e. The van der Waals surface area contributed by atoms with Crippen LogP contribution in [0.2, 0.25) is 0 Å². The zero-order valence-corrected chi connectivity index (χ0v) is 13.6. The van der Waals surface area contributed by atoms with Gasteiger partial charge in [-0.2, -0.15) is 13.2 Å². The number of pyridine rings is 1. The second-order valence-corrected chi connectivity index (χ2v) is 5.37. The highest BCUT2D eigenvalue weighted by molar-refractivity contribution is 5.41. The predicted molar refractivity (Wildman–Crippen MR) is 80.3 cm³/mol. The van der Waals surface area contributed by atoms with E-state index in [1.807, 2.05) is 0 Å². The molecule has 130 valence electrons. The lowest BCUT2D eigenvalue weighted by atomic mass is 10.1. The van der Waals surface area contributed by atoms with Gasteiger partial charge in [-0.15, -0.1) is 0 Å². The fourth-order valence-corrected chi connectivity index (χ4v) is 2.44. The Labute approximate surface area is 135 Å². The Balaban J connectivity index is 2.66. The molecule has 2 heterocycles. The molecular formula is C15H16F3N3O3. The van der Waals surface area contributed by atoms with Crippen molar-refractivity contribution in [3.8, 4) is 5.75 Å². The van der Waals surface area contributed by atoms with Crippen molar-refractivity contribution in [3.05, 3.63) is 55.6 Å². The van der Waals surface area contributed by atoms with E-state index in [0.717, 1.165) is 17.2 Å². The summed E-state index contributed by atoms with van der Waals surface area (Å²) in [5, 5.41) is 0. The number of ether oxygens (including phenoxy) is 1. The molecule has 0 atom stereocenters. The molecule has 0 aromatic carbocycles. The molecule has 0 radical (unpaired) electrons. The van der Waals surface area contributed by atoms with E-state index in [1.54, 1.807) is 13.8 Å². The van der Waals surface area contributed by atoms with E-state index in [2.05, 4.69) is 4.98 Å². The highest BCUT2D eigenvalue weighted by Crippen LogP contribution is 2.26. The summed E-state index contributed by atoms with van der Waals surface area (Å²) in [5.41, 5.74) is -2.07. The number of rotatable bonds is 3. The van der Waals surface area contributed by atoms with Gasteiger partial charge >= 0.3 is 11.9 Å². The molecular weight excluding hydrogens is 327 g/mol. The molecule has 6 nitrogen and oxygen atoms in total. The van der Waals surface area contributed by atoms with Crippen molar-refractivity contribution in [1.29, 1.82) is 0 Å². The van der Waals surface area contributed by atoms with Crippen LogP contribution in [0.3, 0.4) is 0 Å². The third-order valence-electron chi connectivity index (χ3n) is 3.69. The smallest absolute Gasteiger partial charge is 0.423 e. The van der Waals surface area contributed by atoms with Crippen LogP contribution in [0.15, 0.2) is 22.0 Å². The first-order valence-corrected chi connectivity index (χ1v) is 6.94. The number of halogens is 3. The number of hydrogen-bond acceptors (Lipinski definition) is 4. The fraction of sp³-hybridized carbons (Fsp3) is 0.400. The lowest BCUT2D eigenvalue weighted by Crippen LogP contribution is -2.42. The molecule has 24 heavy (non-hydrogen) atoms. The van der Waals surface area contributed by atoms with Gasteiger partial charge in [0.2, 0.25) is 0 Å². The van der Waals surface area contributed by atoms with Crippen LogP contribution in [0, 0.1) is 13.8 Å². The zero-order chi connectivity index (χ0) is 18.2. The molecule has 0 aliphatic carbocycles. The first-order chi connectivity index (χ1) is 11.1. The van der Waals surface area contributed by atoms with Crippen LogP contribution >= 0.6 is 0 Å². The quantitative estimate of drug-likeness (QED) is 0.850. The minimum atomic E-state index is -4.85. The molecule has 2 aromatic heterocycles. The average Bonchev–Trinajstić information content (AvgIpc) is 2.48. The Hall–Kier alpha value is -2.58. The Bertz CT molecular complexity index is 898. The highest BCUT2D eigenvalue weighted by Gasteiger charge is 2.36. The number of methoxy groups -OCH3 is 1. The fourth-order valence-electron chi connectivity index (χ4n) is 2.44. The van der Waals surface area contributed by atoms with Gasteiger partial charge in [0, 0.05) is 30.6 Å². The average molecular weight is 343 g/mol. The van der Waals surface area contributed by atoms with Crippen molar-refractivity contribution in [2.45, 2.75) is 26.6 Å². The SMILES string of the molecule is COc1c(C)cnc(Cn2c(=O)c(C(F)(F)F)cn(C)c2=O)c1C. The lowest BCUT2D eigenvalue weighted by Gasteiger charge is -2.15. The first-order valence-electron chi connectivity index (χ1n) is 6.94. The van der Waals surface area contributed by atoms with Crippen molar-refractivity contribution in [3.63, 3.8) is 0 Å². The Kier molecular flexibility index (Phi) is 4.54. The molecule has 2 rings (SSSR count). The van der Waals surface area contributed by atoms with Crippen LogP contribution in [0.25, 0.3) is 0 Å². The van der Waals surface area contributed by atoms with E-state index < -0.39 is 23.0 Å². The van der Waals surface area contributed by atoms with E-state index in [0.29, 0.717) is 22.1 Å². The largest absolute Gasteiger partial charge is 0.496 e. The molecule has 0 aliphatic heterocycles. The molecule has 0 saturated carbocycles. The number of nitrogens with zero attached hydrogens (tertiary/aromatic N) is 3. The number of hydrogen-bond donors (Lipinski definition) is 0. The van der Waals surface area contributed by atoms with Crippen LogP contribution in [0.5, 0.6) is 5.75 Å².